The lowest BCUT2D eigenvalue weighted by atomic mass is 10.2. The minimum Gasteiger partial charge on any atom is -0.491 e. The fourth-order valence-corrected chi connectivity index (χ4v) is 2.11. The van der Waals surface area contributed by atoms with Crippen LogP contribution in [0.3, 0.4) is 0 Å². The summed E-state index contributed by atoms with van der Waals surface area (Å²) in [6, 6.07) is 4.38. The van der Waals surface area contributed by atoms with Crippen molar-refractivity contribution in [2.45, 2.75) is 0 Å². The zero-order valence-electron chi connectivity index (χ0n) is 17.3. The Labute approximate surface area is 177 Å². The Balaban J connectivity index is 2.05. The number of terminal acetylenes is 1. The Kier molecular flexibility index (Phi) is 15.0. The van der Waals surface area contributed by atoms with E-state index in [1.54, 1.807) is 13.2 Å². The molecule has 1 N–H and O–H groups in total. The molecule has 9 nitrogen and oxygen atoms in total. The zero-order chi connectivity index (χ0) is 21.9. The average Bonchev–Trinajstić information content (AvgIpc) is 2.74. The quantitative estimate of drug-likeness (QED) is 0.260. The van der Waals surface area contributed by atoms with Crippen LogP contribution in [0.1, 0.15) is 10.4 Å². The number of hydrogen-bond donors (Lipinski definition) is 1. The SMILES string of the molecule is C#CCOc1cc(OCCOCCOCCOCCOCCOC)cc(C(=O)O)c1. The molecular weight excluding hydrogens is 396 g/mol. The molecule has 0 spiro atoms. The first-order valence-electron chi connectivity index (χ1n) is 9.54. The highest BCUT2D eigenvalue weighted by Gasteiger charge is 2.09. The van der Waals surface area contributed by atoms with E-state index in [1.165, 1.54) is 12.1 Å². The van der Waals surface area contributed by atoms with Gasteiger partial charge < -0.3 is 38.3 Å². The summed E-state index contributed by atoms with van der Waals surface area (Å²) in [7, 11) is 1.63. The summed E-state index contributed by atoms with van der Waals surface area (Å²) in [6.07, 6.45) is 5.15. The third-order valence-corrected chi connectivity index (χ3v) is 3.49. The van der Waals surface area contributed by atoms with Crippen LogP contribution in [-0.2, 0) is 23.7 Å². The number of rotatable bonds is 19. The molecular formula is C21H30O9. The maximum atomic E-state index is 11.2. The molecule has 0 radical (unpaired) electrons. The van der Waals surface area contributed by atoms with E-state index in [0.29, 0.717) is 71.0 Å². The Morgan fingerprint density at radius 3 is 1.73 bits per heavy atom. The molecule has 0 aliphatic rings. The van der Waals surface area contributed by atoms with Gasteiger partial charge in [-0.2, -0.15) is 0 Å². The van der Waals surface area contributed by atoms with Crippen molar-refractivity contribution >= 4 is 5.97 Å². The van der Waals surface area contributed by atoms with Crippen molar-refractivity contribution < 1.29 is 43.1 Å². The topological polar surface area (TPSA) is 102 Å². The van der Waals surface area contributed by atoms with E-state index in [2.05, 4.69) is 5.92 Å². The molecule has 0 saturated heterocycles. The number of carboxylic acid groups (broad SMARTS) is 1. The number of ether oxygens (including phenoxy) is 7. The number of hydrogen-bond acceptors (Lipinski definition) is 8. The molecule has 30 heavy (non-hydrogen) atoms. The Morgan fingerprint density at radius 1 is 0.800 bits per heavy atom. The molecule has 0 aliphatic heterocycles. The van der Waals surface area contributed by atoms with E-state index in [-0.39, 0.29) is 18.8 Å². The van der Waals surface area contributed by atoms with Crippen LogP contribution in [0.2, 0.25) is 0 Å². The largest absolute Gasteiger partial charge is 0.491 e. The van der Waals surface area contributed by atoms with Crippen molar-refractivity contribution in [3.8, 4) is 23.8 Å². The molecule has 168 valence electrons. The van der Waals surface area contributed by atoms with Crippen LogP contribution < -0.4 is 9.47 Å². The molecule has 1 rings (SSSR count). The molecule has 0 bridgehead atoms. The summed E-state index contributed by atoms with van der Waals surface area (Å²) >= 11 is 0. The molecule has 0 aliphatic carbocycles. The summed E-state index contributed by atoms with van der Waals surface area (Å²) in [5.74, 6) is 1.94. The van der Waals surface area contributed by atoms with Gasteiger partial charge in [0.2, 0.25) is 0 Å². The van der Waals surface area contributed by atoms with E-state index in [0.717, 1.165) is 0 Å². The Bertz CT molecular complexity index is 627. The van der Waals surface area contributed by atoms with Crippen LogP contribution in [-0.4, -0.2) is 90.9 Å². The molecule has 0 saturated carbocycles. The van der Waals surface area contributed by atoms with Crippen molar-refractivity contribution in [1.82, 2.24) is 0 Å². The summed E-state index contributed by atoms with van der Waals surface area (Å²) in [5.41, 5.74) is 0.0533. The molecule has 0 amide bonds. The Hall–Kier alpha value is -2.35. The van der Waals surface area contributed by atoms with Crippen molar-refractivity contribution in [2.75, 3.05) is 79.8 Å². The molecule has 0 heterocycles. The monoisotopic (exact) mass is 426 g/mol. The molecule has 0 aromatic heterocycles. The van der Waals surface area contributed by atoms with Crippen LogP contribution in [0.5, 0.6) is 11.5 Å². The molecule has 9 heteroatoms. The lowest BCUT2D eigenvalue weighted by Gasteiger charge is -2.10. The number of benzene rings is 1. The molecule has 1 aromatic carbocycles. The van der Waals surface area contributed by atoms with Crippen LogP contribution in [0, 0.1) is 12.3 Å². The van der Waals surface area contributed by atoms with Crippen LogP contribution >= 0.6 is 0 Å². The van der Waals surface area contributed by atoms with Crippen LogP contribution in [0.15, 0.2) is 18.2 Å². The molecule has 0 fully saturated rings. The first kappa shape index (κ1) is 25.7. The maximum absolute atomic E-state index is 11.2. The number of carbonyl (C=O) groups is 1. The van der Waals surface area contributed by atoms with Gasteiger partial charge in [0.25, 0.3) is 0 Å². The van der Waals surface area contributed by atoms with Crippen molar-refractivity contribution in [3.05, 3.63) is 23.8 Å². The summed E-state index contributed by atoms with van der Waals surface area (Å²) in [6.45, 7) is 4.61. The van der Waals surface area contributed by atoms with Gasteiger partial charge in [-0.1, -0.05) is 5.92 Å². The van der Waals surface area contributed by atoms with E-state index < -0.39 is 5.97 Å². The smallest absolute Gasteiger partial charge is 0.335 e. The van der Waals surface area contributed by atoms with Gasteiger partial charge in [-0.25, -0.2) is 4.79 Å². The second-order valence-corrected chi connectivity index (χ2v) is 5.78. The Morgan fingerprint density at radius 2 is 1.27 bits per heavy atom. The first-order chi connectivity index (χ1) is 14.7. The van der Waals surface area contributed by atoms with Gasteiger partial charge in [0.1, 0.15) is 24.7 Å². The van der Waals surface area contributed by atoms with E-state index in [1.807, 2.05) is 0 Å². The fourth-order valence-electron chi connectivity index (χ4n) is 2.11. The van der Waals surface area contributed by atoms with Crippen molar-refractivity contribution in [3.63, 3.8) is 0 Å². The lowest BCUT2D eigenvalue weighted by Crippen LogP contribution is -2.14. The predicted octanol–water partition coefficient (Wildman–Crippen LogP) is 1.49. The number of carboxylic acids is 1. The molecule has 1 aromatic rings. The van der Waals surface area contributed by atoms with Gasteiger partial charge in [-0.3, -0.25) is 0 Å². The maximum Gasteiger partial charge on any atom is 0.335 e. The first-order valence-corrected chi connectivity index (χ1v) is 9.54. The van der Waals surface area contributed by atoms with Crippen LogP contribution in [0.4, 0.5) is 0 Å². The number of methoxy groups -OCH3 is 1. The molecule has 0 unspecified atom stereocenters. The highest BCUT2D eigenvalue weighted by Crippen LogP contribution is 2.23. The molecule has 0 atom stereocenters. The standard InChI is InChI=1S/C21H30O9/c1-3-4-29-19-15-18(21(22)23)16-20(17-19)30-14-13-28-12-11-27-10-9-26-8-7-25-6-5-24-2/h1,15-17H,4-14H2,2H3,(H,22,23). The van der Waals surface area contributed by atoms with Crippen molar-refractivity contribution in [2.24, 2.45) is 0 Å². The van der Waals surface area contributed by atoms with E-state index in [4.69, 9.17) is 44.7 Å². The van der Waals surface area contributed by atoms with E-state index in [9.17, 15) is 4.79 Å². The normalized spacial score (nSPS) is 10.5. The second kappa shape index (κ2) is 17.5. The summed E-state index contributed by atoms with van der Waals surface area (Å²) in [5, 5.41) is 9.15. The van der Waals surface area contributed by atoms with Gasteiger partial charge in [-0.15, -0.1) is 6.42 Å². The van der Waals surface area contributed by atoms with Crippen molar-refractivity contribution in [1.29, 1.82) is 0 Å². The van der Waals surface area contributed by atoms with Gasteiger partial charge in [0, 0.05) is 13.2 Å². The minimum absolute atomic E-state index is 0.0405. The summed E-state index contributed by atoms with van der Waals surface area (Å²) in [4.78, 5) is 11.2. The van der Waals surface area contributed by atoms with Gasteiger partial charge in [0.05, 0.1) is 65.0 Å². The summed E-state index contributed by atoms with van der Waals surface area (Å²) < 4.78 is 37.1. The third kappa shape index (κ3) is 13.0. The predicted molar refractivity (Wildman–Crippen MR) is 108 cm³/mol. The zero-order valence-corrected chi connectivity index (χ0v) is 17.3. The van der Waals surface area contributed by atoms with Crippen LogP contribution in [0.25, 0.3) is 0 Å². The second-order valence-electron chi connectivity index (χ2n) is 5.78. The van der Waals surface area contributed by atoms with E-state index >= 15 is 0 Å². The van der Waals surface area contributed by atoms with Gasteiger partial charge >= 0.3 is 5.97 Å². The van der Waals surface area contributed by atoms with Gasteiger partial charge in [-0.05, 0) is 12.1 Å². The number of aromatic carboxylic acids is 1. The highest BCUT2D eigenvalue weighted by atomic mass is 16.6. The minimum atomic E-state index is -1.08. The third-order valence-electron chi connectivity index (χ3n) is 3.49. The van der Waals surface area contributed by atoms with Gasteiger partial charge in [0.15, 0.2) is 0 Å². The fraction of sp³-hybridized carbons (Fsp3) is 0.571. The lowest BCUT2D eigenvalue weighted by molar-refractivity contribution is -0.00979. The average molecular weight is 426 g/mol. The highest BCUT2D eigenvalue weighted by molar-refractivity contribution is 5.88.